The molecule has 0 fully saturated rings. The van der Waals surface area contributed by atoms with Crippen LogP contribution in [-0.4, -0.2) is 26.7 Å². The summed E-state index contributed by atoms with van der Waals surface area (Å²) in [6.07, 6.45) is 7.33. The Morgan fingerprint density at radius 1 is 1.43 bits per heavy atom. The molecule has 2 rings (SSSR count). The highest BCUT2D eigenvalue weighted by molar-refractivity contribution is 5.72. The van der Waals surface area contributed by atoms with E-state index < -0.39 is 12.1 Å². The number of hydrogen-bond donors (Lipinski definition) is 2. The first kappa shape index (κ1) is 16.9. The number of rotatable bonds is 8. The Bertz CT molecular complexity index is 638. The number of nitrogens with zero attached hydrogens (tertiary/aromatic N) is 2. The zero-order valence-corrected chi connectivity index (χ0v) is 13.0. The number of allylic oxidation sites excluding steroid dienone is 2. The largest absolute Gasteiger partial charge is 0.479 e. The van der Waals surface area contributed by atoms with Crippen LogP contribution in [-0.2, 0) is 9.63 Å². The van der Waals surface area contributed by atoms with Crippen molar-refractivity contribution < 1.29 is 14.7 Å². The molecule has 6 heteroatoms. The predicted molar refractivity (Wildman–Crippen MR) is 87.3 cm³/mol. The normalized spacial score (nSPS) is 14.4. The highest BCUT2D eigenvalue weighted by Crippen LogP contribution is 2.28. The fraction of sp³-hybridized carbons (Fsp3) is 0.294. The van der Waals surface area contributed by atoms with Crippen LogP contribution in [0.4, 0.5) is 0 Å². The number of benzene rings is 1. The summed E-state index contributed by atoms with van der Waals surface area (Å²) >= 11 is 0. The summed E-state index contributed by atoms with van der Waals surface area (Å²) in [6.45, 7) is 2.08. The summed E-state index contributed by atoms with van der Waals surface area (Å²) in [6, 6.07) is 10.1. The molecule has 0 spiro atoms. The molecule has 0 radical (unpaired) electrons. The number of aliphatic carboxylic acids is 1. The first-order chi connectivity index (χ1) is 11.1. The summed E-state index contributed by atoms with van der Waals surface area (Å²) in [5, 5.41) is 8.98. The second kappa shape index (κ2) is 8.26. The van der Waals surface area contributed by atoms with E-state index >= 15 is 0 Å². The summed E-state index contributed by atoms with van der Waals surface area (Å²) in [4.78, 5) is 19.5. The van der Waals surface area contributed by atoms with E-state index in [0.717, 1.165) is 11.1 Å². The third-order valence-electron chi connectivity index (χ3n) is 3.76. The van der Waals surface area contributed by atoms with Crippen LogP contribution in [0.1, 0.15) is 31.4 Å². The zero-order valence-electron chi connectivity index (χ0n) is 13.0. The van der Waals surface area contributed by atoms with Gasteiger partial charge in [-0.1, -0.05) is 36.4 Å². The van der Waals surface area contributed by atoms with Crippen molar-refractivity contribution in [2.75, 3.05) is 0 Å². The molecule has 1 aromatic carbocycles. The first-order valence-electron chi connectivity index (χ1n) is 7.44. The molecule has 1 heterocycles. The Morgan fingerprint density at radius 2 is 2.17 bits per heavy atom. The molecule has 122 valence electrons. The molecule has 0 bridgehead atoms. The topological polar surface area (TPSA) is 90.4 Å². The van der Waals surface area contributed by atoms with Gasteiger partial charge in [0.25, 0.3) is 0 Å². The van der Waals surface area contributed by atoms with E-state index in [1.807, 2.05) is 47.2 Å². The number of aromatic nitrogens is 2. The number of carboxylic acids is 1. The molecule has 0 aliphatic heterocycles. The van der Waals surface area contributed by atoms with Crippen LogP contribution >= 0.6 is 0 Å². The molecule has 2 atom stereocenters. The molecule has 2 aromatic rings. The van der Waals surface area contributed by atoms with Crippen molar-refractivity contribution in [2.45, 2.75) is 31.9 Å². The van der Waals surface area contributed by atoms with E-state index in [-0.39, 0.29) is 6.04 Å². The average molecular weight is 315 g/mol. The summed E-state index contributed by atoms with van der Waals surface area (Å²) in [7, 11) is 0. The first-order valence-corrected chi connectivity index (χ1v) is 7.44. The van der Waals surface area contributed by atoms with Crippen LogP contribution in [0, 0.1) is 0 Å². The van der Waals surface area contributed by atoms with Gasteiger partial charge in [0.05, 0.1) is 12.4 Å². The second-order valence-electron chi connectivity index (χ2n) is 5.25. The highest BCUT2D eigenvalue weighted by Gasteiger charge is 2.17. The molecule has 0 saturated heterocycles. The third-order valence-corrected chi connectivity index (χ3v) is 3.76. The molecule has 2 unspecified atom stereocenters. The van der Waals surface area contributed by atoms with Crippen molar-refractivity contribution in [2.24, 2.45) is 5.90 Å². The van der Waals surface area contributed by atoms with Crippen LogP contribution in [0.5, 0.6) is 0 Å². The molecule has 23 heavy (non-hydrogen) atoms. The fourth-order valence-electron chi connectivity index (χ4n) is 2.46. The van der Waals surface area contributed by atoms with Gasteiger partial charge in [-0.15, -0.1) is 0 Å². The van der Waals surface area contributed by atoms with E-state index in [1.54, 1.807) is 12.5 Å². The lowest BCUT2D eigenvalue weighted by atomic mass is 9.97. The number of hydrogen-bond acceptors (Lipinski definition) is 4. The standard InChI is InChI=1S/C17H21N3O3/c1-13(20-11-10-19-12-20)15(14-6-3-2-4-7-14)8-5-9-16(23-18)17(21)22/h2-4,6-8,10-13,16H,5,9,18H2,1H3,(H,21,22)/b15-8+. The molecular formula is C17H21N3O3. The zero-order chi connectivity index (χ0) is 16.7. The Hall–Kier alpha value is -2.44. The Morgan fingerprint density at radius 3 is 2.74 bits per heavy atom. The fourth-order valence-corrected chi connectivity index (χ4v) is 2.46. The Balaban J connectivity index is 2.20. The van der Waals surface area contributed by atoms with Gasteiger partial charge in [0.1, 0.15) is 0 Å². The van der Waals surface area contributed by atoms with Gasteiger partial charge < -0.3 is 9.67 Å². The third kappa shape index (κ3) is 4.51. The Labute approximate surface area is 135 Å². The molecule has 0 saturated carbocycles. The molecule has 3 N–H and O–H groups in total. The number of carboxylic acid groups (broad SMARTS) is 1. The summed E-state index contributed by atoms with van der Waals surface area (Å²) in [5.41, 5.74) is 2.19. The van der Waals surface area contributed by atoms with Gasteiger partial charge in [0.2, 0.25) is 0 Å². The molecule has 1 aromatic heterocycles. The number of nitrogens with two attached hydrogens (primary N) is 1. The van der Waals surface area contributed by atoms with Gasteiger partial charge in [0.15, 0.2) is 6.10 Å². The van der Waals surface area contributed by atoms with Crippen LogP contribution in [0.25, 0.3) is 5.57 Å². The van der Waals surface area contributed by atoms with E-state index in [1.165, 1.54) is 0 Å². The van der Waals surface area contributed by atoms with Gasteiger partial charge >= 0.3 is 5.97 Å². The number of carbonyl (C=O) groups is 1. The van der Waals surface area contributed by atoms with Crippen molar-refractivity contribution in [1.82, 2.24) is 9.55 Å². The maximum absolute atomic E-state index is 11.0. The quantitative estimate of drug-likeness (QED) is 0.731. The number of imidazole rings is 1. The van der Waals surface area contributed by atoms with Crippen molar-refractivity contribution >= 4 is 11.5 Å². The lowest BCUT2D eigenvalue weighted by Gasteiger charge is -2.18. The van der Waals surface area contributed by atoms with E-state index in [9.17, 15) is 4.79 Å². The van der Waals surface area contributed by atoms with Crippen LogP contribution < -0.4 is 5.90 Å². The van der Waals surface area contributed by atoms with Crippen LogP contribution in [0.2, 0.25) is 0 Å². The molecular weight excluding hydrogens is 294 g/mol. The molecule has 0 aliphatic carbocycles. The minimum atomic E-state index is -1.05. The van der Waals surface area contributed by atoms with Crippen LogP contribution in [0.3, 0.4) is 0 Å². The lowest BCUT2D eigenvalue weighted by molar-refractivity contribution is -0.151. The van der Waals surface area contributed by atoms with Gasteiger partial charge in [-0.05, 0) is 30.9 Å². The van der Waals surface area contributed by atoms with E-state index in [4.69, 9.17) is 11.0 Å². The lowest BCUT2D eigenvalue weighted by Crippen LogP contribution is -2.26. The van der Waals surface area contributed by atoms with Gasteiger partial charge in [-0.25, -0.2) is 15.7 Å². The Kier molecular flexibility index (Phi) is 6.08. The predicted octanol–water partition coefficient (Wildman–Crippen LogP) is 2.65. The molecule has 0 amide bonds. The van der Waals surface area contributed by atoms with Gasteiger partial charge in [-0.3, -0.25) is 4.84 Å². The maximum atomic E-state index is 11.0. The molecule has 6 nitrogen and oxygen atoms in total. The molecule has 0 aliphatic rings. The smallest absolute Gasteiger partial charge is 0.334 e. The highest BCUT2D eigenvalue weighted by atomic mass is 16.6. The van der Waals surface area contributed by atoms with Crippen molar-refractivity contribution in [3.05, 3.63) is 60.7 Å². The van der Waals surface area contributed by atoms with Crippen LogP contribution in [0.15, 0.2) is 55.1 Å². The van der Waals surface area contributed by atoms with Gasteiger partial charge in [-0.2, -0.15) is 0 Å². The second-order valence-corrected chi connectivity index (χ2v) is 5.25. The SMILES string of the molecule is CC(/C(=C\CCC(ON)C(=O)O)c1ccccc1)n1ccnc1. The van der Waals surface area contributed by atoms with E-state index in [2.05, 4.69) is 16.7 Å². The van der Waals surface area contributed by atoms with Crippen molar-refractivity contribution in [1.29, 1.82) is 0 Å². The average Bonchev–Trinajstić information content (AvgIpc) is 3.09. The monoisotopic (exact) mass is 315 g/mol. The summed E-state index contributed by atoms with van der Waals surface area (Å²) < 4.78 is 2.01. The maximum Gasteiger partial charge on any atom is 0.334 e. The van der Waals surface area contributed by atoms with E-state index in [0.29, 0.717) is 12.8 Å². The van der Waals surface area contributed by atoms with Crippen molar-refractivity contribution in [3.63, 3.8) is 0 Å². The van der Waals surface area contributed by atoms with Crippen molar-refractivity contribution in [3.8, 4) is 0 Å². The minimum absolute atomic E-state index is 0.0852. The van der Waals surface area contributed by atoms with Gasteiger partial charge in [0, 0.05) is 12.4 Å². The minimum Gasteiger partial charge on any atom is -0.479 e. The summed E-state index contributed by atoms with van der Waals surface area (Å²) in [5.74, 6) is 3.97.